The molecule has 21 heavy (non-hydrogen) atoms. The fourth-order valence-corrected chi connectivity index (χ4v) is 3.35. The third-order valence-electron chi connectivity index (χ3n) is 4.89. The van der Waals surface area contributed by atoms with Crippen molar-refractivity contribution in [3.63, 3.8) is 0 Å². The number of H-pyrrole nitrogens is 1. The van der Waals surface area contributed by atoms with Gasteiger partial charge in [-0.25, -0.2) is 4.98 Å². The highest BCUT2D eigenvalue weighted by atomic mass is 16.1. The first-order valence-corrected chi connectivity index (χ1v) is 7.78. The van der Waals surface area contributed by atoms with E-state index in [2.05, 4.69) is 25.8 Å². The summed E-state index contributed by atoms with van der Waals surface area (Å²) in [5.74, 6) is 0. The van der Waals surface area contributed by atoms with Crippen molar-refractivity contribution < 1.29 is 0 Å². The molecular weight excluding hydrogens is 264 g/mol. The Labute approximate surface area is 123 Å². The van der Waals surface area contributed by atoms with Gasteiger partial charge in [0, 0.05) is 37.9 Å². The second-order valence-electron chi connectivity index (χ2n) is 6.04. The SMILES string of the molecule is O=c1[nH]cnc2ccc(N3CCN(C4CCC4)CC3)cc12. The summed E-state index contributed by atoms with van der Waals surface area (Å²) < 4.78 is 0. The Morgan fingerprint density at radius 2 is 1.95 bits per heavy atom. The summed E-state index contributed by atoms with van der Waals surface area (Å²) in [6, 6.07) is 6.82. The Kier molecular flexibility index (Phi) is 3.15. The average molecular weight is 284 g/mol. The van der Waals surface area contributed by atoms with Gasteiger partial charge in [-0.15, -0.1) is 0 Å². The van der Waals surface area contributed by atoms with Gasteiger partial charge in [-0.1, -0.05) is 6.42 Å². The first kappa shape index (κ1) is 12.8. The Hall–Kier alpha value is -1.88. The quantitative estimate of drug-likeness (QED) is 0.910. The van der Waals surface area contributed by atoms with Crippen LogP contribution in [0, 0.1) is 0 Å². The number of aromatic amines is 1. The van der Waals surface area contributed by atoms with Crippen LogP contribution in [0.25, 0.3) is 10.9 Å². The number of hydrogen-bond acceptors (Lipinski definition) is 4. The molecule has 1 aromatic heterocycles. The molecule has 2 fully saturated rings. The van der Waals surface area contributed by atoms with Crippen LogP contribution in [0.1, 0.15) is 19.3 Å². The Bertz CT molecular complexity index is 699. The number of piperazine rings is 1. The molecule has 0 spiro atoms. The van der Waals surface area contributed by atoms with Crippen molar-refractivity contribution in [3.05, 3.63) is 34.9 Å². The lowest BCUT2D eigenvalue weighted by Gasteiger charge is -2.43. The van der Waals surface area contributed by atoms with E-state index in [0.29, 0.717) is 5.39 Å². The van der Waals surface area contributed by atoms with Gasteiger partial charge < -0.3 is 9.88 Å². The molecule has 1 saturated carbocycles. The lowest BCUT2D eigenvalue weighted by Crippen LogP contribution is -2.52. The van der Waals surface area contributed by atoms with E-state index in [1.54, 1.807) is 0 Å². The summed E-state index contributed by atoms with van der Waals surface area (Å²) in [5, 5.41) is 0.677. The number of hydrogen-bond donors (Lipinski definition) is 1. The standard InChI is InChI=1S/C16H20N4O/c21-16-14-10-13(4-5-15(14)17-11-18-16)20-8-6-19(7-9-20)12-2-1-3-12/h4-5,10-12H,1-3,6-9H2,(H,17,18,21). The molecule has 1 aliphatic carbocycles. The molecule has 110 valence electrons. The molecule has 1 aromatic carbocycles. The van der Waals surface area contributed by atoms with E-state index in [9.17, 15) is 4.79 Å². The minimum Gasteiger partial charge on any atom is -0.369 e. The van der Waals surface area contributed by atoms with Crippen molar-refractivity contribution in [3.8, 4) is 0 Å². The third kappa shape index (κ3) is 2.31. The van der Waals surface area contributed by atoms with Crippen LogP contribution in [0.3, 0.4) is 0 Å². The lowest BCUT2D eigenvalue weighted by molar-refractivity contribution is 0.120. The predicted octanol–water partition coefficient (Wildman–Crippen LogP) is 1.60. The molecule has 0 radical (unpaired) electrons. The average Bonchev–Trinajstić information content (AvgIpc) is 2.47. The van der Waals surface area contributed by atoms with Crippen molar-refractivity contribution in [1.82, 2.24) is 14.9 Å². The zero-order valence-corrected chi connectivity index (χ0v) is 12.1. The van der Waals surface area contributed by atoms with Gasteiger partial charge in [0.25, 0.3) is 5.56 Å². The fraction of sp³-hybridized carbons (Fsp3) is 0.500. The maximum Gasteiger partial charge on any atom is 0.258 e. The molecule has 1 saturated heterocycles. The van der Waals surface area contributed by atoms with Crippen molar-refractivity contribution in [2.24, 2.45) is 0 Å². The summed E-state index contributed by atoms with van der Waals surface area (Å²) in [6.45, 7) is 4.35. The van der Waals surface area contributed by atoms with Crippen LogP contribution in [0.15, 0.2) is 29.3 Å². The van der Waals surface area contributed by atoms with E-state index in [1.807, 2.05) is 12.1 Å². The molecule has 2 heterocycles. The van der Waals surface area contributed by atoms with Crippen LogP contribution >= 0.6 is 0 Å². The van der Waals surface area contributed by atoms with Gasteiger partial charge in [-0.05, 0) is 31.0 Å². The van der Waals surface area contributed by atoms with Crippen molar-refractivity contribution in [2.45, 2.75) is 25.3 Å². The number of aromatic nitrogens is 2. The maximum atomic E-state index is 11.9. The molecule has 5 heteroatoms. The molecule has 0 unspecified atom stereocenters. The van der Waals surface area contributed by atoms with Gasteiger partial charge in [0.1, 0.15) is 0 Å². The monoisotopic (exact) mass is 284 g/mol. The highest BCUT2D eigenvalue weighted by Crippen LogP contribution is 2.27. The number of benzene rings is 1. The maximum absolute atomic E-state index is 11.9. The van der Waals surface area contributed by atoms with Gasteiger partial charge in [0.2, 0.25) is 0 Å². The van der Waals surface area contributed by atoms with Gasteiger partial charge in [0.05, 0.1) is 17.2 Å². The predicted molar refractivity (Wildman–Crippen MR) is 83.8 cm³/mol. The van der Waals surface area contributed by atoms with Gasteiger partial charge in [0.15, 0.2) is 0 Å². The van der Waals surface area contributed by atoms with Crippen LogP contribution in [-0.2, 0) is 0 Å². The van der Waals surface area contributed by atoms with E-state index in [-0.39, 0.29) is 5.56 Å². The molecule has 2 aliphatic rings. The molecular formula is C16H20N4O. The Balaban J connectivity index is 1.54. The van der Waals surface area contributed by atoms with Crippen molar-refractivity contribution >= 4 is 16.6 Å². The van der Waals surface area contributed by atoms with Gasteiger partial charge >= 0.3 is 0 Å². The minimum absolute atomic E-state index is 0.0602. The lowest BCUT2D eigenvalue weighted by atomic mass is 9.91. The summed E-state index contributed by atoms with van der Waals surface area (Å²) >= 11 is 0. The highest BCUT2D eigenvalue weighted by Gasteiger charge is 2.27. The van der Waals surface area contributed by atoms with E-state index in [1.165, 1.54) is 25.6 Å². The Morgan fingerprint density at radius 1 is 1.14 bits per heavy atom. The first-order chi connectivity index (χ1) is 10.3. The first-order valence-electron chi connectivity index (χ1n) is 7.78. The van der Waals surface area contributed by atoms with E-state index in [4.69, 9.17) is 0 Å². The fourth-order valence-electron chi connectivity index (χ4n) is 3.35. The number of fused-ring (bicyclic) bond motifs is 1. The molecule has 0 atom stereocenters. The van der Waals surface area contributed by atoms with E-state index >= 15 is 0 Å². The molecule has 1 N–H and O–H groups in total. The Morgan fingerprint density at radius 3 is 2.67 bits per heavy atom. The summed E-state index contributed by atoms with van der Waals surface area (Å²) in [4.78, 5) is 23.7. The minimum atomic E-state index is -0.0602. The highest BCUT2D eigenvalue weighted by molar-refractivity contribution is 5.81. The van der Waals surface area contributed by atoms with E-state index < -0.39 is 0 Å². The van der Waals surface area contributed by atoms with Crippen LogP contribution < -0.4 is 10.5 Å². The summed E-state index contributed by atoms with van der Waals surface area (Å²) in [5.41, 5.74) is 1.83. The molecule has 5 nitrogen and oxygen atoms in total. The molecule has 4 rings (SSSR count). The zero-order chi connectivity index (χ0) is 14.2. The number of nitrogens with one attached hydrogen (secondary N) is 1. The van der Waals surface area contributed by atoms with Crippen molar-refractivity contribution in [2.75, 3.05) is 31.1 Å². The van der Waals surface area contributed by atoms with E-state index in [0.717, 1.165) is 43.4 Å². The largest absolute Gasteiger partial charge is 0.369 e. The molecule has 2 aromatic rings. The molecule has 0 amide bonds. The third-order valence-corrected chi connectivity index (χ3v) is 4.89. The van der Waals surface area contributed by atoms with Gasteiger partial charge in [-0.2, -0.15) is 0 Å². The van der Waals surface area contributed by atoms with Crippen molar-refractivity contribution in [1.29, 1.82) is 0 Å². The van der Waals surface area contributed by atoms with Crippen LogP contribution in [0.5, 0.6) is 0 Å². The molecule has 0 bridgehead atoms. The number of nitrogens with zero attached hydrogens (tertiary/aromatic N) is 3. The zero-order valence-electron chi connectivity index (χ0n) is 12.1. The number of anilines is 1. The van der Waals surface area contributed by atoms with Crippen LogP contribution in [-0.4, -0.2) is 47.1 Å². The van der Waals surface area contributed by atoms with Crippen LogP contribution in [0.4, 0.5) is 5.69 Å². The van der Waals surface area contributed by atoms with Gasteiger partial charge in [-0.3, -0.25) is 9.69 Å². The normalized spacial score (nSPS) is 20.7. The smallest absolute Gasteiger partial charge is 0.258 e. The summed E-state index contributed by atoms with van der Waals surface area (Å²) in [7, 11) is 0. The topological polar surface area (TPSA) is 52.2 Å². The summed E-state index contributed by atoms with van der Waals surface area (Å²) in [6.07, 6.45) is 5.60. The second-order valence-corrected chi connectivity index (χ2v) is 6.04. The number of rotatable bonds is 2. The second kappa shape index (κ2) is 5.15. The molecule has 1 aliphatic heterocycles. The van der Waals surface area contributed by atoms with Crippen LogP contribution in [0.2, 0.25) is 0 Å².